The fourth-order valence-corrected chi connectivity index (χ4v) is 5.57. The Labute approximate surface area is 224 Å². The van der Waals surface area contributed by atoms with Crippen LogP contribution in [0.2, 0.25) is 0 Å². The van der Waals surface area contributed by atoms with Crippen molar-refractivity contribution in [2.45, 2.75) is 46.1 Å². The van der Waals surface area contributed by atoms with Gasteiger partial charge < -0.3 is 15.0 Å². The average Bonchev–Trinajstić information content (AvgIpc) is 3.13. The van der Waals surface area contributed by atoms with Crippen LogP contribution in [0.5, 0.6) is 0 Å². The minimum atomic E-state index is -0.918. The number of aromatic nitrogens is 2. The second kappa shape index (κ2) is 11.4. The molecule has 12 heteroatoms. The summed E-state index contributed by atoms with van der Waals surface area (Å²) in [7, 11) is 0. The molecule has 0 spiro atoms. The topological polar surface area (TPSA) is 113 Å². The fourth-order valence-electron chi connectivity index (χ4n) is 4.28. The quantitative estimate of drug-likeness (QED) is 0.304. The molecule has 196 valence electrons. The summed E-state index contributed by atoms with van der Waals surface area (Å²) in [5, 5.41) is 2.77. The van der Waals surface area contributed by atoms with Crippen LogP contribution in [0.15, 0.2) is 28.0 Å². The molecule has 4 heterocycles. The van der Waals surface area contributed by atoms with Crippen LogP contribution < -0.4 is 15.8 Å². The molecule has 2 aromatic rings. The third kappa shape index (κ3) is 5.54. The highest BCUT2D eigenvalue weighted by Gasteiger charge is 2.36. The monoisotopic (exact) mass is 543 g/mol. The summed E-state index contributed by atoms with van der Waals surface area (Å²) >= 11 is 6.57. The molecule has 37 heavy (non-hydrogen) atoms. The van der Waals surface area contributed by atoms with Crippen molar-refractivity contribution in [3.05, 3.63) is 44.7 Å². The van der Waals surface area contributed by atoms with E-state index >= 15 is 0 Å². The van der Waals surface area contributed by atoms with Crippen LogP contribution in [0.1, 0.15) is 44.2 Å². The summed E-state index contributed by atoms with van der Waals surface area (Å²) in [6.07, 6.45) is 4.71. The number of anilines is 1. The molecule has 0 unspecified atom stereocenters. The van der Waals surface area contributed by atoms with Gasteiger partial charge in [-0.05, 0) is 38.0 Å². The highest BCUT2D eigenvalue weighted by atomic mass is 32.2. The molecular weight excluding hydrogens is 514 g/mol. The number of hydrogen-bond donors (Lipinski definition) is 1. The van der Waals surface area contributed by atoms with Crippen molar-refractivity contribution in [2.75, 3.05) is 31.1 Å². The van der Waals surface area contributed by atoms with E-state index in [1.165, 1.54) is 10.5 Å². The number of esters is 1. The van der Waals surface area contributed by atoms with Gasteiger partial charge in [0.25, 0.3) is 11.5 Å². The van der Waals surface area contributed by atoms with Gasteiger partial charge in [-0.3, -0.25) is 28.5 Å². The second-order valence-corrected chi connectivity index (χ2v) is 10.5. The van der Waals surface area contributed by atoms with Crippen LogP contribution in [-0.4, -0.2) is 68.7 Å². The molecule has 0 bridgehead atoms. The number of pyridine rings is 1. The Balaban J connectivity index is 1.86. The number of fused-ring (bicyclic) bond motifs is 1. The molecule has 2 fully saturated rings. The number of nitrogens with one attached hydrogen (secondary N) is 1. The molecule has 2 aromatic heterocycles. The van der Waals surface area contributed by atoms with Gasteiger partial charge in [0.2, 0.25) is 5.91 Å². The zero-order valence-corrected chi connectivity index (χ0v) is 22.6. The first-order valence-electron chi connectivity index (χ1n) is 12.2. The number of carbonyl (C=O) groups is 3. The Morgan fingerprint density at radius 2 is 2.08 bits per heavy atom. The lowest BCUT2D eigenvalue weighted by Crippen LogP contribution is -2.57. The molecule has 1 N–H and O–H groups in total. The summed E-state index contributed by atoms with van der Waals surface area (Å²) in [6, 6.07) is 2.64. The SMILES string of the molecule is CCCCN1C(=O)/C(=C/c2c(N3CCNC(=O)[C@H]3CC(=O)OCC)nc3ccc(C)cn3c2=O)SC1=S. The summed E-state index contributed by atoms with van der Waals surface area (Å²) < 4.78 is 6.94. The first-order chi connectivity index (χ1) is 17.7. The molecule has 0 radical (unpaired) electrons. The largest absolute Gasteiger partial charge is 0.466 e. The highest BCUT2D eigenvalue weighted by Crippen LogP contribution is 2.34. The number of thioether (sulfide) groups is 1. The van der Waals surface area contributed by atoms with E-state index in [0.717, 1.165) is 30.2 Å². The number of piperazine rings is 1. The van der Waals surface area contributed by atoms with Crippen molar-refractivity contribution in [3.8, 4) is 0 Å². The van der Waals surface area contributed by atoms with Crippen LogP contribution in [0.25, 0.3) is 11.7 Å². The summed E-state index contributed by atoms with van der Waals surface area (Å²) in [6.45, 7) is 6.92. The molecule has 0 aromatic carbocycles. The predicted octanol–water partition coefficient (Wildman–Crippen LogP) is 2.26. The number of hydrogen-bond acceptors (Lipinski definition) is 9. The number of thiocarbonyl (C=S) groups is 1. The maximum atomic E-state index is 13.8. The van der Waals surface area contributed by atoms with Crippen LogP contribution in [0.3, 0.4) is 0 Å². The Morgan fingerprint density at radius 1 is 1.30 bits per heavy atom. The molecular formula is C25H29N5O5S2. The van der Waals surface area contributed by atoms with Gasteiger partial charge in [0, 0.05) is 25.8 Å². The molecule has 2 aliphatic heterocycles. The Morgan fingerprint density at radius 3 is 2.81 bits per heavy atom. The normalized spacial score (nSPS) is 19.2. The standard InChI is InChI=1S/C25H29N5O5S2/c1-4-6-10-29-24(34)18(37-25(29)36)12-16-21(27-19-8-7-15(3)14-30(19)23(16)33)28-11-9-26-22(32)17(28)13-20(31)35-5-2/h7-8,12,14,17H,4-6,9-11,13H2,1-3H3,(H,26,32)/b18-12-/t17-/m1/s1. The van der Waals surface area contributed by atoms with Gasteiger partial charge >= 0.3 is 5.97 Å². The van der Waals surface area contributed by atoms with Crippen molar-refractivity contribution in [1.29, 1.82) is 0 Å². The van der Waals surface area contributed by atoms with E-state index in [2.05, 4.69) is 5.32 Å². The van der Waals surface area contributed by atoms with Crippen LogP contribution in [0.4, 0.5) is 5.82 Å². The fraction of sp³-hybridized carbons (Fsp3) is 0.440. The predicted molar refractivity (Wildman–Crippen MR) is 146 cm³/mol. The maximum absolute atomic E-state index is 13.8. The van der Waals surface area contributed by atoms with Crippen LogP contribution in [0, 0.1) is 6.92 Å². The third-order valence-electron chi connectivity index (χ3n) is 6.14. The molecule has 2 aliphatic rings. The first kappa shape index (κ1) is 26.8. The third-order valence-corrected chi connectivity index (χ3v) is 7.52. The number of rotatable bonds is 8. The van der Waals surface area contributed by atoms with E-state index in [1.54, 1.807) is 29.0 Å². The molecule has 10 nitrogen and oxygen atoms in total. The van der Waals surface area contributed by atoms with E-state index < -0.39 is 12.0 Å². The lowest BCUT2D eigenvalue weighted by molar-refractivity contribution is -0.145. The Hall–Kier alpha value is -3.25. The summed E-state index contributed by atoms with van der Waals surface area (Å²) in [4.78, 5) is 60.3. The molecule has 0 saturated carbocycles. The molecule has 4 rings (SSSR count). The number of aryl methyl sites for hydroxylation is 1. The number of carbonyl (C=O) groups excluding carboxylic acids is 3. The van der Waals surface area contributed by atoms with Gasteiger partial charge in [0.1, 0.15) is 21.8 Å². The van der Waals surface area contributed by atoms with Gasteiger partial charge in [0.05, 0.1) is 23.5 Å². The second-order valence-electron chi connectivity index (χ2n) is 8.79. The maximum Gasteiger partial charge on any atom is 0.308 e. The molecule has 1 atom stereocenters. The highest BCUT2D eigenvalue weighted by molar-refractivity contribution is 8.26. The van der Waals surface area contributed by atoms with Gasteiger partial charge in [-0.25, -0.2) is 4.98 Å². The summed E-state index contributed by atoms with van der Waals surface area (Å²) in [5.74, 6) is -0.914. The smallest absolute Gasteiger partial charge is 0.308 e. The molecule has 0 aliphatic carbocycles. The Kier molecular flexibility index (Phi) is 8.28. The lowest BCUT2D eigenvalue weighted by atomic mass is 10.1. The Bertz CT molecular complexity index is 1350. The van der Waals surface area contributed by atoms with E-state index in [4.69, 9.17) is 21.9 Å². The van der Waals surface area contributed by atoms with E-state index in [-0.39, 0.29) is 41.8 Å². The average molecular weight is 544 g/mol. The number of unbranched alkanes of at least 4 members (excludes halogenated alkanes) is 1. The van der Waals surface area contributed by atoms with Crippen molar-refractivity contribution in [3.63, 3.8) is 0 Å². The zero-order valence-electron chi connectivity index (χ0n) is 21.0. The minimum Gasteiger partial charge on any atom is -0.466 e. The van der Waals surface area contributed by atoms with Crippen molar-refractivity contribution < 1.29 is 19.1 Å². The van der Waals surface area contributed by atoms with Crippen molar-refractivity contribution in [1.82, 2.24) is 19.6 Å². The molecule has 2 amide bonds. The van der Waals surface area contributed by atoms with Gasteiger partial charge in [-0.1, -0.05) is 43.4 Å². The number of ether oxygens (including phenoxy) is 1. The van der Waals surface area contributed by atoms with Crippen LogP contribution in [-0.2, 0) is 19.1 Å². The van der Waals surface area contributed by atoms with Gasteiger partial charge in [-0.15, -0.1) is 0 Å². The van der Waals surface area contributed by atoms with E-state index in [1.807, 2.05) is 19.9 Å². The summed E-state index contributed by atoms with van der Waals surface area (Å²) in [5.41, 5.74) is 1.02. The first-order valence-corrected chi connectivity index (χ1v) is 13.5. The van der Waals surface area contributed by atoms with Crippen molar-refractivity contribution >= 4 is 63.6 Å². The van der Waals surface area contributed by atoms with Crippen molar-refractivity contribution in [2.24, 2.45) is 0 Å². The van der Waals surface area contributed by atoms with E-state index in [9.17, 15) is 19.2 Å². The zero-order chi connectivity index (χ0) is 26.7. The lowest BCUT2D eigenvalue weighted by Gasteiger charge is -2.36. The van der Waals surface area contributed by atoms with E-state index in [0.29, 0.717) is 34.5 Å². The van der Waals surface area contributed by atoms with Crippen LogP contribution >= 0.6 is 24.0 Å². The minimum absolute atomic E-state index is 0.155. The van der Waals surface area contributed by atoms with Gasteiger partial charge in [-0.2, -0.15) is 0 Å². The number of amides is 2. The molecule has 2 saturated heterocycles. The number of nitrogens with zero attached hydrogens (tertiary/aromatic N) is 4. The van der Waals surface area contributed by atoms with Gasteiger partial charge in [0.15, 0.2) is 0 Å².